The molecule has 0 unspecified atom stereocenters. The third-order valence-corrected chi connectivity index (χ3v) is 5.51. The van der Waals surface area contributed by atoms with E-state index in [4.69, 9.17) is 11.6 Å². The lowest BCUT2D eigenvalue weighted by Crippen LogP contribution is -2.36. The topological polar surface area (TPSA) is 119 Å². The Labute approximate surface area is 190 Å². The van der Waals surface area contributed by atoms with E-state index < -0.39 is 0 Å². The molecule has 0 spiro atoms. The van der Waals surface area contributed by atoms with Crippen LogP contribution < -0.4 is 15.5 Å². The molecular weight excluding hydrogens is 430 g/mol. The molecule has 1 saturated heterocycles. The summed E-state index contributed by atoms with van der Waals surface area (Å²) in [6.45, 7) is 5.51. The number of nitrogens with zero attached hydrogens (tertiary/aromatic N) is 4. The standard InChI is InChI=1S/C22H24ClN7O2/c1-24-19-10-15(23)3-4-18(19)25-13-16-11-20(29-28-16)27-22(32)14-2-5-21(26-12-14)30-8-6-17(31)7-9-30/h2-5,10-12,17,25,31H,1,6-9,13H2,(H2,27,28,29,32). The number of aliphatic hydroxyl groups is 1. The number of aromatic nitrogens is 3. The third kappa shape index (κ3) is 5.24. The number of aliphatic hydroxyl groups excluding tert-OH is 1. The summed E-state index contributed by atoms with van der Waals surface area (Å²) in [5.74, 6) is 0.927. The Bertz CT molecular complexity index is 1090. The van der Waals surface area contributed by atoms with Gasteiger partial charge in [0.05, 0.1) is 35.3 Å². The first-order valence-corrected chi connectivity index (χ1v) is 10.6. The summed E-state index contributed by atoms with van der Waals surface area (Å²) in [4.78, 5) is 23.0. The Morgan fingerprint density at radius 1 is 1.28 bits per heavy atom. The minimum atomic E-state index is -0.292. The van der Waals surface area contributed by atoms with E-state index in [1.807, 2.05) is 12.1 Å². The molecule has 1 amide bonds. The van der Waals surface area contributed by atoms with Crippen LogP contribution in [0.5, 0.6) is 0 Å². The first kappa shape index (κ1) is 21.8. The highest BCUT2D eigenvalue weighted by molar-refractivity contribution is 6.31. The van der Waals surface area contributed by atoms with E-state index >= 15 is 0 Å². The van der Waals surface area contributed by atoms with Crippen LogP contribution in [0, 0.1) is 0 Å². The maximum atomic E-state index is 12.5. The molecule has 32 heavy (non-hydrogen) atoms. The molecule has 0 saturated carbocycles. The summed E-state index contributed by atoms with van der Waals surface area (Å²) in [5.41, 5.74) is 2.67. The average Bonchev–Trinajstić information content (AvgIpc) is 3.26. The van der Waals surface area contributed by atoms with Gasteiger partial charge >= 0.3 is 0 Å². The van der Waals surface area contributed by atoms with Crippen LogP contribution in [0.25, 0.3) is 0 Å². The fourth-order valence-electron chi connectivity index (χ4n) is 3.48. The van der Waals surface area contributed by atoms with E-state index in [-0.39, 0.29) is 12.0 Å². The molecule has 0 bridgehead atoms. The van der Waals surface area contributed by atoms with Crippen molar-refractivity contribution in [3.8, 4) is 0 Å². The maximum absolute atomic E-state index is 12.5. The van der Waals surface area contributed by atoms with Crippen LogP contribution >= 0.6 is 11.6 Å². The number of amides is 1. The summed E-state index contributed by atoms with van der Waals surface area (Å²) in [7, 11) is 0. The minimum absolute atomic E-state index is 0.239. The lowest BCUT2D eigenvalue weighted by atomic mass is 10.1. The number of aliphatic imine (C=N–C) groups is 1. The number of benzene rings is 1. The molecule has 1 aliphatic heterocycles. The zero-order chi connectivity index (χ0) is 22.5. The molecule has 1 fully saturated rings. The Kier molecular flexibility index (Phi) is 6.67. The Morgan fingerprint density at radius 2 is 2.09 bits per heavy atom. The normalized spacial score (nSPS) is 14.2. The van der Waals surface area contributed by atoms with Gasteiger partial charge in [0.25, 0.3) is 5.91 Å². The van der Waals surface area contributed by atoms with Crippen LogP contribution in [-0.2, 0) is 6.54 Å². The number of hydrogen-bond donors (Lipinski definition) is 4. The van der Waals surface area contributed by atoms with Gasteiger partial charge in [0.2, 0.25) is 0 Å². The van der Waals surface area contributed by atoms with Crippen molar-refractivity contribution < 1.29 is 9.90 Å². The number of H-pyrrole nitrogens is 1. The molecule has 1 aliphatic rings. The molecular formula is C22H24ClN7O2. The number of halogens is 1. The number of carbonyl (C=O) groups is 1. The van der Waals surface area contributed by atoms with E-state index in [0.29, 0.717) is 28.6 Å². The van der Waals surface area contributed by atoms with Crippen LogP contribution in [0.1, 0.15) is 28.9 Å². The summed E-state index contributed by atoms with van der Waals surface area (Å²) < 4.78 is 0. The Hall–Kier alpha value is -3.43. The van der Waals surface area contributed by atoms with Crippen LogP contribution in [0.2, 0.25) is 5.02 Å². The van der Waals surface area contributed by atoms with Gasteiger partial charge in [0, 0.05) is 30.4 Å². The number of nitrogens with one attached hydrogen (secondary N) is 3. The van der Waals surface area contributed by atoms with Gasteiger partial charge in [-0.15, -0.1) is 0 Å². The molecule has 9 nitrogen and oxygen atoms in total. The Balaban J connectivity index is 1.33. The van der Waals surface area contributed by atoms with Gasteiger partial charge in [0.1, 0.15) is 5.82 Å². The van der Waals surface area contributed by atoms with Gasteiger partial charge in [-0.1, -0.05) is 11.6 Å². The SMILES string of the molecule is C=Nc1cc(Cl)ccc1NCc1cc(NC(=O)c2ccc(N3CCC(O)CC3)nc2)n[nH]1. The molecule has 2 aromatic heterocycles. The summed E-state index contributed by atoms with van der Waals surface area (Å²) >= 11 is 5.98. The second-order valence-corrected chi connectivity index (χ2v) is 7.97. The lowest BCUT2D eigenvalue weighted by Gasteiger charge is -2.30. The van der Waals surface area contributed by atoms with Gasteiger partial charge in [-0.2, -0.15) is 5.10 Å². The summed E-state index contributed by atoms with van der Waals surface area (Å²) in [5, 5.41) is 23.3. The van der Waals surface area contributed by atoms with Gasteiger partial charge in [-0.05, 0) is 49.9 Å². The predicted octanol–water partition coefficient (Wildman–Crippen LogP) is 3.62. The molecule has 3 aromatic rings. The first-order chi connectivity index (χ1) is 15.5. The molecule has 0 aliphatic carbocycles. The van der Waals surface area contributed by atoms with Gasteiger partial charge in [0.15, 0.2) is 5.82 Å². The maximum Gasteiger partial charge on any atom is 0.258 e. The zero-order valence-electron chi connectivity index (χ0n) is 17.4. The zero-order valence-corrected chi connectivity index (χ0v) is 18.1. The highest BCUT2D eigenvalue weighted by Gasteiger charge is 2.18. The van der Waals surface area contributed by atoms with Gasteiger partial charge < -0.3 is 20.6 Å². The van der Waals surface area contributed by atoms with Crippen LogP contribution in [0.4, 0.5) is 23.0 Å². The number of anilines is 3. The van der Waals surface area contributed by atoms with E-state index in [2.05, 4.69) is 42.4 Å². The van der Waals surface area contributed by atoms with Crippen molar-refractivity contribution in [3.05, 3.63) is 58.9 Å². The average molecular weight is 454 g/mol. The number of carbonyl (C=O) groups excluding carboxylic acids is 1. The number of hydrogen-bond acceptors (Lipinski definition) is 7. The van der Waals surface area contributed by atoms with Crippen LogP contribution in [-0.4, -0.2) is 52.1 Å². The van der Waals surface area contributed by atoms with Crippen LogP contribution in [0.3, 0.4) is 0 Å². The Morgan fingerprint density at radius 3 is 2.81 bits per heavy atom. The van der Waals surface area contributed by atoms with E-state index in [1.54, 1.807) is 30.5 Å². The highest BCUT2D eigenvalue weighted by atomic mass is 35.5. The molecule has 3 heterocycles. The summed E-state index contributed by atoms with van der Waals surface area (Å²) in [6.07, 6.45) is 2.76. The molecule has 1 aromatic carbocycles. The minimum Gasteiger partial charge on any atom is -0.393 e. The molecule has 4 N–H and O–H groups in total. The second kappa shape index (κ2) is 9.80. The quantitative estimate of drug-likeness (QED) is 0.406. The van der Waals surface area contributed by atoms with Crippen molar-refractivity contribution in [1.82, 2.24) is 15.2 Å². The largest absolute Gasteiger partial charge is 0.393 e. The van der Waals surface area contributed by atoms with Crippen molar-refractivity contribution in [3.63, 3.8) is 0 Å². The second-order valence-electron chi connectivity index (χ2n) is 7.53. The first-order valence-electron chi connectivity index (χ1n) is 10.3. The lowest BCUT2D eigenvalue weighted by molar-refractivity contribution is 0.102. The molecule has 0 atom stereocenters. The van der Waals surface area contributed by atoms with Crippen molar-refractivity contribution >= 4 is 47.2 Å². The van der Waals surface area contributed by atoms with E-state index in [9.17, 15) is 9.90 Å². The number of rotatable bonds is 7. The number of aromatic amines is 1. The van der Waals surface area contributed by atoms with Gasteiger partial charge in [-0.3, -0.25) is 14.9 Å². The van der Waals surface area contributed by atoms with Crippen molar-refractivity contribution in [1.29, 1.82) is 0 Å². The van der Waals surface area contributed by atoms with Crippen molar-refractivity contribution in [2.45, 2.75) is 25.5 Å². The molecule has 4 rings (SSSR count). The fourth-order valence-corrected chi connectivity index (χ4v) is 3.65. The van der Waals surface area contributed by atoms with Crippen molar-refractivity contribution in [2.75, 3.05) is 28.6 Å². The molecule has 0 radical (unpaired) electrons. The third-order valence-electron chi connectivity index (χ3n) is 5.27. The van der Waals surface area contributed by atoms with Crippen LogP contribution in [0.15, 0.2) is 47.6 Å². The predicted molar refractivity (Wildman–Crippen MR) is 126 cm³/mol. The monoisotopic (exact) mass is 453 g/mol. The van der Waals surface area contributed by atoms with E-state index in [1.165, 1.54) is 0 Å². The smallest absolute Gasteiger partial charge is 0.258 e. The molecule has 10 heteroatoms. The van der Waals surface area contributed by atoms with E-state index in [0.717, 1.165) is 43.1 Å². The summed E-state index contributed by atoms with van der Waals surface area (Å²) in [6, 6.07) is 10.6. The highest BCUT2D eigenvalue weighted by Crippen LogP contribution is 2.28. The van der Waals surface area contributed by atoms with Crippen molar-refractivity contribution in [2.24, 2.45) is 4.99 Å². The number of pyridine rings is 1. The molecule has 166 valence electrons. The van der Waals surface area contributed by atoms with Gasteiger partial charge in [-0.25, -0.2) is 4.98 Å². The fraction of sp³-hybridized carbons (Fsp3) is 0.273. The number of piperidine rings is 1.